The molecule has 1 unspecified atom stereocenters. The summed E-state index contributed by atoms with van der Waals surface area (Å²) in [6.45, 7) is 9.48. The van der Waals surface area contributed by atoms with E-state index in [1.165, 1.54) is 25.7 Å². The second-order valence-electron chi connectivity index (χ2n) is 5.07. The van der Waals surface area contributed by atoms with E-state index in [0.717, 1.165) is 17.3 Å². The van der Waals surface area contributed by atoms with Crippen LogP contribution in [-0.4, -0.2) is 0 Å². The molecule has 0 aliphatic heterocycles. The highest BCUT2D eigenvalue weighted by atomic mass is 14.4. The Morgan fingerprint density at radius 3 is 2.09 bits per heavy atom. The van der Waals surface area contributed by atoms with Crippen molar-refractivity contribution in [3.63, 3.8) is 0 Å². The van der Waals surface area contributed by atoms with E-state index in [-0.39, 0.29) is 0 Å². The van der Waals surface area contributed by atoms with Crippen LogP contribution in [0.2, 0.25) is 0 Å². The van der Waals surface area contributed by atoms with Crippen molar-refractivity contribution in [2.24, 2.45) is 17.3 Å². The zero-order valence-corrected chi connectivity index (χ0v) is 8.48. The van der Waals surface area contributed by atoms with E-state index >= 15 is 0 Å². The monoisotopic (exact) mass is 154 g/mol. The molecule has 0 heterocycles. The van der Waals surface area contributed by atoms with Crippen LogP contribution in [0.15, 0.2) is 0 Å². The third-order valence-corrected chi connectivity index (χ3v) is 3.44. The van der Waals surface area contributed by atoms with Gasteiger partial charge in [0.15, 0.2) is 0 Å². The molecule has 1 aliphatic rings. The van der Waals surface area contributed by atoms with Gasteiger partial charge in [0.05, 0.1) is 0 Å². The summed E-state index contributed by atoms with van der Waals surface area (Å²) < 4.78 is 0. The van der Waals surface area contributed by atoms with Crippen molar-refractivity contribution in [3.8, 4) is 0 Å². The molecule has 1 fully saturated rings. The van der Waals surface area contributed by atoms with Crippen LogP contribution in [0.4, 0.5) is 0 Å². The molecule has 0 amide bonds. The maximum absolute atomic E-state index is 2.43. The summed E-state index contributed by atoms with van der Waals surface area (Å²) >= 11 is 0. The molecule has 1 rings (SSSR count). The molecule has 0 bridgehead atoms. The molecule has 1 atom stereocenters. The van der Waals surface area contributed by atoms with Crippen LogP contribution in [0.3, 0.4) is 0 Å². The van der Waals surface area contributed by atoms with Crippen molar-refractivity contribution in [3.05, 3.63) is 0 Å². The van der Waals surface area contributed by atoms with Gasteiger partial charge in [-0.05, 0) is 42.9 Å². The fourth-order valence-electron chi connectivity index (χ4n) is 1.37. The fraction of sp³-hybridized carbons (Fsp3) is 1.00. The Labute approximate surface area is 71.4 Å². The second-order valence-corrected chi connectivity index (χ2v) is 5.07. The molecule has 0 aromatic rings. The van der Waals surface area contributed by atoms with Gasteiger partial charge in [-0.25, -0.2) is 0 Å². The molecule has 0 N–H and O–H groups in total. The normalized spacial score (nSPS) is 23.7. The summed E-state index contributed by atoms with van der Waals surface area (Å²) in [5.74, 6) is 1.80. The molecule has 1 aliphatic carbocycles. The van der Waals surface area contributed by atoms with Gasteiger partial charge in [0.25, 0.3) is 0 Å². The number of rotatable bonds is 4. The largest absolute Gasteiger partial charge is 0.0625 e. The molecular formula is C11H22. The Morgan fingerprint density at radius 1 is 1.18 bits per heavy atom. The van der Waals surface area contributed by atoms with E-state index in [1.54, 1.807) is 0 Å². The predicted octanol–water partition coefficient (Wildman–Crippen LogP) is 3.86. The summed E-state index contributed by atoms with van der Waals surface area (Å²) in [5, 5.41) is 0. The van der Waals surface area contributed by atoms with Gasteiger partial charge in [0, 0.05) is 0 Å². The van der Waals surface area contributed by atoms with E-state index < -0.39 is 0 Å². The highest BCUT2D eigenvalue weighted by Crippen LogP contribution is 2.49. The molecule has 0 radical (unpaired) electrons. The lowest BCUT2D eigenvalue weighted by molar-refractivity contribution is 0.343. The summed E-state index contributed by atoms with van der Waals surface area (Å²) in [4.78, 5) is 0. The standard InChI is InChI=1S/C11H22/c1-9(2)10(3)5-6-11(4)7-8-11/h9-10H,5-8H2,1-4H3. The third-order valence-electron chi connectivity index (χ3n) is 3.44. The maximum Gasteiger partial charge on any atom is -0.0325 e. The van der Waals surface area contributed by atoms with Crippen LogP contribution in [0.1, 0.15) is 53.4 Å². The smallest absolute Gasteiger partial charge is 0.0325 e. The Balaban J connectivity index is 2.11. The quantitative estimate of drug-likeness (QED) is 0.577. The van der Waals surface area contributed by atoms with Crippen molar-refractivity contribution in [1.29, 1.82) is 0 Å². The lowest BCUT2D eigenvalue weighted by Crippen LogP contribution is -2.06. The van der Waals surface area contributed by atoms with Gasteiger partial charge in [0.2, 0.25) is 0 Å². The maximum atomic E-state index is 2.43. The van der Waals surface area contributed by atoms with Gasteiger partial charge in [-0.15, -0.1) is 0 Å². The highest BCUT2D eigenvalue weighted by Gasteiger charge is 2.36. The van der Waals surface area contributed by atoms with Crippen molar-refractivity contribution >= 4 is 0 Å². The fourth-order valence-corrected chi connectivity index (χ4v) is 1.37. The zero-order chi connectivity index (χ0) is 8.48. The van der Waals surface area contributed by atoms with Gasteiger partial charge in [-0.2, -0.15) is 0 Å². The van der Waals surface area contributed by atoms with Gasteiger partial charge >= 0.3 is 0 Å². The van der Waals surface area contributed by atoms with Gasteiger partial charge in [0.1, 0.15) is 0 Å². The molecule has 11 heavy (non-hydrogen) atoms. The minimum Gasteiger partial charge on any atom is -0.0625 e. The Morgan fingerprint density at radius 2 is 1.73 bits per heavy atom. The molecule has 0 aromatic heterocycles. The van der Waals surface area contributed by atoms with E-state index in [2.05, 4.69) is 27.7 Å². The minimum absolute atomic E-state index is 0.767. The lowest BCUT2D eigenvalue weighted by Gasteiger charge is -2.17. The van der Waals surface area contributed by atoms with Gasteiger partial charge in [-0.3, -0.25) is 0 Å². The summed E-state index contributed by atoms with van der Waals surface area (Å²) in [5.41, 5.74) is 0.767. The first-order valence-electron chi connectivity index (χ1n) is 5.03. The van der Waals surface area contributed by atoms with Crippen molar-refractivity contribution in [2.75, 3.05) is 0 Å². The zero-order valence-electron chi connectivity index (χ0n) is 8.48. The Hall–Kier alpha value is 0. The van der Waals surface area contributed by atoms with Crippen molar-refractivity contribution in [1.82, 2.24) is 0 Å². The predicted molar refractivity (Wildman–Crippen MR) is 50.6 cm³/mol. The van der Waals surface area contributed by atoms with Crippen molar-refractivity contribution in [2.45, 2.75) is 53.4 Å². The van der Waals surface area contributed by atoms with E-state index in [0.29, 0.717) is 0 Å². The molecule has 0 heteroatoms. The summed E-state index contributed by atoms with van der Waals surface area (Å²) in [7, 11) is 0. The first-order valence-corrected chi connectivity index (χ1v) is 5.03. The first kappa shape index (κ1) is 9.09. The minimum atomic E-state index is 0.767. The van der Waals surface area contributed by atoms with Crippen LogP contribution in [0.5, 0.6) is 0 Å². The SMILES string of the molecule is CC(C)C(C)CCC1(C)CC1. The second kappa shape index (κ2) is 3.16. The van der Waals surface area contributed by atoms with Crippen LogP contribution >= 0.6 is 0 Å². The molecule has 0 saturated heterocycles. The van der Waals surface area contributed by atoms with E-state index in [9.17, 15) is 0 Å². The molecule has 0 aromatic carbocycles. The Kier molecular flexibility index (Phi) is 2.61. The molecular weight excluding hydrogens is 132 g/mol. The van der Waals surface area contributed by atoms with Crippen molar-refractivity contribution < 1.29 is 0 Å². The number of hydrogen-bond acceptors (Lipinski definition) is 0. The van der Waals surface area contributed by atoms with Crippen LogP contribution in [-0.2, 0) is 0 Å². The molecule has 0 nitrogen and oxygen atoms in total. The molecule has 66 valence electrons. The highest BCUT2D eigenvalue weighted by molar-refractivity contribution is 4.88. The van der Waals surface area contributed by atoms with E-state index in [1.807, 2.05) is 0 Å². The third kappa shape index (κ3) is 2.84. The van der Waals surface area contributed by atoms with Gasteiger partial charge in [-0.1, -0.05) is 27.7 Å². The van der Waals surface area contributed by atoms with Crippen LogP contribution in [0.25, 0.3) is 0 Å². The van der Waals surface area contributed by atoms with Crippen LogP contribution < -0.4 is 0 Å². The summed E-state index contributed by atoms with van der Waals surface area (Å²) in [6.07, 6.45) is 5.87. The summed E-state index contributed by atoms with van der Waals surface area (Å²) in [6, 6.07) is 0. The average molecular weight is 154 g/mol. The first-order chi connectivity index (χ1) is 5.03. The number of hydrogen-bond donors (Lipinski definition) is 0. The molecule has 1 saturated carbocycles. The van der Waals surface area contributed by atoms with E-state index in [4.69, 9.17) is 0 Å². The Bertz CT molecular complexity index is 120. The molecule has 0 spiro atoms. The van der Waals surface area contributed by atoms with Gasteiger partial charge < -0.3 is 0 Å². The van der Waals surface area contributed by atoms with Crippen LogP contribution in [0, 0.1) is 17.3 Å². The average Bonchev–Trinajstić information content (AvgIpc) is 2.64. The topological polar surface area (TPSA) is 0 Å². The lowest BCUT2D eigenvalue weighted by atomic mass is 9.89.